The Labute approximate surface area is 463 Å². The predicted molar refractivity (Wildman–Crippen MR) is 315 cm³/mol. The van der Waals surface area contributed by atoms with E-state index >= 15 is 0 Å². The molecule has 0 aliphatic heterocycles. The smallest absolute Gasteiger partial charge is 0.233 e. The highest BCUT2D eigenvalue weighted by atomic mass is 16.5. The normalized spacial score (nSPS) is 12.3. The van der Waals surface area contributed by atoms with Crippen molar-refractivity contribution in [3.05, 3.63) is 176 Å². The highest BCUT2D eigenvalue weighted by molar-refractivity contribution is 5.67. The summed E-state index contributed by atoms with van der Waals surface area (Å²) in [6.07, 6.45) is 5.20. The number of anilines is 8. The fourth-order valence-electron chi connectivity index (χ4n) is 9.75. The van der Waals surface area contributed by atoms with Gasteiger partial charge in [0.2, 0.25) is 35.7 Å². The first kappa shape index (κ1) is 55.1. The molecule has 6 aromatic carbocycles. The number of ether oxygens (including phenoxy) is 4. The van der Waals surface area contributed by atoms with Crippen LogP contribution in [0.15, 0.2) is 115 Å². The molecule has 9 rings (SSSR count). The number of nitrogens with zero attached hydrogens (tertiary/aromatic N) is 6. The van der Waals surface area contributed by atoms with Crippen molar-refractivity contribution in [2.75, 3.05) is 59.2 Å². The van der Waals surface area contributed by atoms with E-state index in [1.165, 1.54) is 0 Å². The van der Waals surface area contributed by atoms with Crippen LogP contribution >= 0.6 is 0 Å². The van der Waals surface area contributed by atoms with Gasteiger partial charge in [-0.05, 0) is 95.8 Å². The fourth-order valence-corrected chi connectivity index (χ4v) is 9.75. The number of rotatable bonds is 23. The Bertz CT molecular complexity index is 3240. The molecule has 8 bridgehead atoms. The molecule has 1 aliphatic carbocycles. The Morgan fingerprint density at radius 2 is 0.835 bits per heavy atom. The minimum absolute atomic E-state index is 0.0755. The van der Waals surface area contributed by atoms with Gasteiger partial charge in [0.1, 0.15) is 23.0 Å². The minimum Gasteiger partial charge on any atom is -0.493 e. The summed E-state index contributed by atoms with van der Waals surface area (Å²) in [5.74, 6) is 4.68. The molecular weight excluding hydrogens is 991 g/mol. The number of aromatic nitrogens is 6. The molecule has 410 valence electrons. The third-order valence-electron chi connectivity index (χ3n) is 13.3. The number of para-hydroxylation sites is 2. The van der Waals surface area contributed by atoms with E-state index in [1.54, 1.807) is 0 Å². The zero-order chi connectivity index (χ0) is 55.1. The van der Waals surface area contributed by atoms with E-state index in [0.717, 1.165) is 121 Å². The first-order valence-corrected chi connectivity index (χ1v) is 27.5. The number of hydrogen-bond donors (Lipinski definition) is 7. The van der Waals surface area contributed by atoms with Gasteiger partial charge in [0.15, 0.2) is 0 Å². The van der Waals surface area contributed by atoms with Gasteiger partial charge >= 0.3 is 0 Å². The van der Waals surface area contributed by atoms with Gasteiger partial charge in [-0.2, -0.15) is 29.9 Å². The maximum atomic E-state index is 6.85. The maximum Gasteiger partial charge on any atom is 0.233 e. The zero-order valence-electron chi connectivity index (χ0n) is 46.0. The molecule has 17 nitrogen and oxygen atoms in total. The zero-order valence-corrected chi connectivity index (χ0v) is 46.0. The van der Waals surface area contributed by atoms with E-state index in [1.807, 2.05) is 36.4 Å². The lowest BCUT2D eigenvalue weighted by atomic mass is 9.90. The number of nitrogens with one attached hydrogen (secondary N) is 4. The molecule has 0 saturated heterocycles. The van der Waals surface area contributed by atoms with Crippen LogP contribution in [0.1, 0.15) is 128 Å². The van der Waals surface area contributed by atoms with Crippen molar-refractivity contribution in [2.45, 2.75) is 105 Å². The first-order chi connectivity index (χ1) is 38.6. The standard InChI is InChI=1S/C62H73N13O4/c1-6-24-76-53-43-20-14-22-45(53)31-49-35-52(69-62-73-58(65)71-60(75-62)67-39(5)42-18-11-10-12-19-42)36-50(56(49)79-27-9-4)32-46-23-15-21-44(54(46)77-25-7-2)30-48-34-51(33-47(29-43)55(48)78-26-8-3)68-61-72-57(64)70-59(74-61)66-38-41-17-13-16-40(28-41)37-63/h10-23,28,33-36,39H,6-9,24-27,29-32,37-38,63H2,1-5H3,(H4,64,66,68,70,72,74)(H4,65,67,69,71,73,75)/t39-/m0/s1. The first-order valence-electron chi connectivity index (χ1n) is 27.5. The van der Waals surface area contributed by atoms with Crippen molar-refractivity contribution in [1.29, 1.82) is 0 Å². The molecule has 0 radical (unpaired) electrons. The highest BCUT2D eigenvalue weighted by Gasteiger charge is 2.24. The van der Waals surface area contributed by atoms with Gasteiger partial charge in [0, 0.05) is 72.4 Å². The lowest BCUT2D eigenvalue weighted by molar-refractivity contribution is 0.304. The highest BCUT2D eigenvalue weighted by Crippen LogP contribution is 2.42. The summed E-state index contributed by atoms with van der Waals surface area (Å²) >= 11 is 0. The van der Waals surface area contributed by atoms with E-state index in [4.69, 9.17) is 46.1 Å². The molecule has 2 aromatic heterocycles. The fraction of sp³-hybridized carbons (Fsp3) is 0.323. The van der Waals surface area contributed by atoms with Crippen LogP contribution < -0.4 is 57.4 Å². The molecule has 0 spiro atoms. The molecule has 0 fully saturated rings. The third-order valence-corrected chi connectivity index (χ3v) is 13.3. The van der Waals surface area contributed by atoms with Crippen molar-refractivity contribution >= 4 is 47.1 Å². The molecule has 0 amide bonds. The van der Waals surface area contributed by atoms with Crippen LogP contribution in [0.4, 0.5) is 47.1 Å². The van der Waals surface area contributed by atoms with Crippen LogP contribution in [0.2, 0.25) is 0 Å². The summed E-state index contributed by atoms with van der Waals surface area (Å²) in [6, 6.07) is 39.3. The van der Waals surface area contributed by atoms with Crippen LogP contribution in [0.5, 0.6) is 23.0 Å². The second kappa shape index (κ2) is 26.6. The van der Waals surface area contributed by atoms with Gasteiger partial charge in [-0.3, -0.25) is 0 Å². The Morgan fingerprint density at radius 1 is 0.443 bits per heavy atom. The molecule has 0 unspecified atom stereocenters. The van der Waals surface area contributed by atoms with Crippen molar-refractivity contribution in [3.63, 3.8) is 0 Å². The number of nitrogens with two attached hydrogens (primary N) is 3. The summed E-state index contributed by atoms with van der Waals surface area (Å²) in [5, 5.41) is 13.8. The van der Waals surface area contributed by atoms with Crippen LogP contribution in [-0.4, -0.2) is 56.3 Å². The Hall–Kier alpha value is -8.70. The Morgan fingerprint density at radius 3 is 1.28 bits per heavy atom. The Kier molecular flexibility index (Phi) is 18.5. The van der Waals surface area contributed by atoms with E-state index in [0.29, 0.717) is 89.0 Å². The molecule has 79 heavy (non-hydrogen) atoms. The van der Waals surface area contributed by atoms with Crippen LogP contribution in [0.3, 0.4) is 0 Å². The van der Waals surface area contributed by atoms with Crippen molar-refractivity contribution in [3.8, 4) is 23.0 Å². The van der Waals surface area contributed by atoms with E-state index in [9.17, 15) is 0 Å². The minimum atomic E-state index is -0.0866. The largest absolute Gasteiger partial charge is 0.493 e. The molecule has 2 heterocycles. The SMILES string of the molecule is CCCOc1c2cccc1Cc1cc(Nc3nc(N)nc(N[C@@H](C)c4ccccc4)n3)cc(c1OCCC)Cc1cccc(c1OCCC)Cc1cc(Nc3nc(N)nc(NCc4cccc(CN)c4)n3)cc(c1OCCC)C2. The van der Waals surface area contributed by atoms with Crippen LogP contribution in [0.25, 0.3) is 0 Å². The van der Waals surface area contributed by atoms with Crippen LogP contribution in [-0.2, 0) is 38.8 Å². The average Bonchev–Trinajstić information content (AvgIpc) is 3.48. The molecule has 10 N–H and O–H groups in total. The summed E-state index contributed by atoms with van der Waals surface area (Å²) in [6.45, 7) is 13.5. The van der Waals surface area contributed by atoms with E-state index in [-0.39, 0.29) is 17.9 Å². The second-order valence-electron chi connectivity index (χ2n) is 19.7. The third kappa shape index (κ3) is 14.3. The second-order valence-corrected chi connectivity index (χ2v) is 19.7. The summed E-state index contributed by atoms with van der Waals surface area (Å²) in [7, 11) is 0. The molecular formula is C62H73N13O4. The summed E-state index contributed by atoms with van der Waals surface area (Å²) in [4.78, 5) is 27.6. The maximum absolute atomic E-state index is 6.85. The van der Waals surface area contributed by atoms with Gasteiger partial charge < -0.3 is 57.4 Å². The monoisotopic (exact) mass is 1060 g/mol. The lowest BCUT2D eigenvalue weighted by Gasteiger charge is -2.24. The number of fused-ring (bicyclic) bond motifs is 8. The van der Waals surface area contributed by atoms with Crippen molar-refractivity contribution in [2.24, 2.45) is 5.73 Å². The number of nitrogen functional groups attached to an aromatic ring is 2. The van der Waals surface area contributed by atoms with Gasteiger partial charge in [0.25, 0.3) is 0 Å². The van der Waals surface area contributed by atoms with Crippen molar-refractivity contribution < 1.29 is 18.9 Å². The van der Waals surface area contributed by atoms with Gasteiger partial charge in [0.05, 0.1) is 32.5 Å². The summed E-state index contributed by atoms with van der Waals surface area (Å²) in [5.41, 5.74) is 31.2. The van der Waals surface area contributed by atoms with E-state index in [2.05, 4.69) is 155 Å². The molecule has 8 aromatic rings. The van der Waals surface area contributed by atoms with E-state index < -0.39 is 0 Å². The quantitative estimate of drug-likeness (QED) is 0.0315. The number of benzene rings is 6. The van der Waals surface area contributed by atoms with Gasteiger partial charge in [-0.1, -0.05) is 119 Å². The summed E-state index contributed by atoms with van der Waals surface area (Å²) < 4.78 is 27.4. The molecule has 1 aliphatic rings. The molecule has 0 saturated carbocycles. The lowest BCUT2D eigenvalue weighted by Crippen LogP contribution is -2.13. The van der Waals surface area contributed by atoms with Crippen LogP contribution in [0, 0.1) is 0 Å². The average molecular weight is 1060 g/mol. The topological polar surface area (TPSA) is 240 Å². The number of hydrogen-bond acceptors (Lipinski definition) is 17. The van der Waals surface area contributed by atoms with Gasteiger partial charge in [-0.25, -0.2) is 0 Å². The molecule has 1 atom stereocenters. The predicted octanol–water partition coefficient (Wildman–Crippen LogP) is 11.8. The Balaban J connectivity index is 1.17. The molecule has 17 heteroatoms. The van der Waals surface area contributed by atoms with Crippen molar-refractivity contribution in [1.82, 2.24) is 29.9 Å². The van der Waals surface area contributed by atoms with Gasteiger partial charge in [-0.15, -0.1) is 0 Å².